The van der Waals surface area contributed by atoms with Crippen LogP contribution in [0.4, 0.5) is 10.5 Å². The van der Waals surface area contributed by atoms with Gasteiger partial charge in [-0.2, -0.15) is 4.98 Å². The number of thioether (sulfide) groups is 1. The number of carbonyl (C=O) groups is 1. The highest BCUT2D eigenvalue weighted by molar-refractivity contribution is 7.98. The van der Waals surface area contributed by atoms with E-state index in [4.69, 9.17) is 9.51 Å². The molecule has 2 heterocycles. The van der Waals surface area contributed by atoms with Crippen LogP contribution in [0.5, 0.6) is 0 Å². The zero-order valence-electron chi connectivity index (χ0n) is 20.1. The molecule has 4 aromatic rings. The molecule has 0 aliphatic carbocycles. The monoisotopic (exact) mass is 482 g/mol. The molecular formula is C28H26N4O2S. The Hall–Kier alpha value is -3.84. The van der Waals surface area contributed by atoms with E-state index in [9.17, 15) is 4.79 Å². The summed E-state index contributed by atoms with van der Waals surface area (Å²) in [5, 5.41) is 7.42. The van der Waals surface area contributed by atoms with E-state index in [1.165, 1.54) is 0 Å². The number of hydrogen-bond donors (Lipinski definition) is 1. The molecule has 176 valence electrons. The van der Waals surface area contributed by atoms with Gasteiger partial charge in [-0.1, -0.05) is 53.7 Å². The third-order valence-electron chi connectivity index (χ3n) is 6.09. The van der Waals surface area contributed by atoms with Crippen LogP contribution in [-0.2, 0) is 0 Å². The molecule has 6 nitrogen and oxygen atoms in total. The minimum atomic E-state index is -0.426. The quantitative estimate of drug-likeness (QED) is 0.318. The van der Waals surface area contributed by atoms with Gasteiger partial charge in [0.1, 0.15) is 0 Å². The number of nitrogens with one attached hydrogen (secondary N) is 1. The lowest BCUT2D eigenvalue weighted by atomic mass is 9.94. The summed E-state index contributed by atoms with van der Waals surface area (Å²) in [4.78, 5) is 21.0. The Balaban J connectivity index is 1.66. The summed E-state index contributed by atoms with van der Waals surface area (Å²) in [5.74, 6) is 0.891. The molecule has 0 bridgehead atoms. The molecule has 2 amide bonds. The number of urea groups is 1. The van der Waals surface area contributed by atoms with Gasteiger partial charge >= 0.3 is 6.03 Å². The van der Waals surface area contributed by atoms with Gasteiger partial charge in [0.25, 0.3) is 5.89 Å². The molecule has 0 spiro atoms. The number of nitrogens with zero attached hydrogens (tertiary/aromatic N) is 3. The van der Waals surface area contributed by atoms with Crippen molar-refractivity contribution in [2.75, 3.05) is 11.2 Å². The maximum atomic E-state index is 13.4. The molecule has 0 saturated heterocycles. The molecule has 35 heavy (non-hydrogen) atoms. The summed E-state index contributed by atoms with van der Waals surface area (Å²) >= 11 is 1.68. The van der Waals surface area contributed by atoms with Crippen molar-refractivity contribution in [3.8, 4) is 11.4 Å². The fourth-order valence-corrected chi connectivity index (χ4v) is 4.90. The molecule has 1 N–H and O–H groups in total. The predicted molar refractivity (Wildman–Crippen MR) is 140 cm³/mol. The van der Waals surface area contributed by atoms with Crippen molar-refractivity contribution in [2.45, 2.75) is 31.7 Å². The number of carbonyl (C=O) groups excluding carboxylic acids is 1. The second kappa shape index (κ2) is 9.43. The van der Waals surface area contributed by atoms with Crippen LogP contribution in [0.3, 0.4) is 0 Å². The molecule has 1 atom stereocenters. The number of amides is 2. The zero-order valence-corrected chi connectivity index (χ0v) is 20.9. The number of aryl methyl sites for hydroxylation is 2. The number of allylic oxidation sites excluding steroid dienone is 1. The molecule has 1 aliphatic heterocycles. The van der Waals surface area contributed by atoms with Crippen LogP contribution in [0.25, 0.3) is 17.0 Å². The van der Waals surface area contributed by atoms with Crippen molar-refractivity contribution >= 4 is 29.1 Å². The summed E-state index contributed by atoms with van der Waals surface area (Å²) in [7, 11) is 0. The van der Waals surface area contributed by atoms with E-state index >= 15 is 0 Å². The Morgan fingerprint density at radius 3 is 2.29 bits per heavy atom. The van der Waals surface area contributed by atoms with Gasteiger partial charge in [-0.25, -0.2) is 4.79 Å². The number of aromatic nitrogens is 2. The highest BCUT2D eigenvalue weighted by Crippen LogP contribution is 2.39. The smallest absolute Gasteiger partial charge is 0.326 e. The Morgan fingerprint density at radius 1 is 0.943 bits per heavy atom. The maximum Gasteiger partial charge on any atom is 0.326 e. The Morgan fingerprint density at radius 2 is 1.63 bits per heavy atom. The molecule has 0 radical (unpaired) electrons. The first-order valence-corrected chi connectivity index (χ1v) is 12.6. The van der Waals surface area contributed by atoms with Crippen LogP contribution >= 0.6 is 11.8 Å². The van der Waals surface area contributed by atoms with Crippen molar-refractivity contribution in [1.29, 1.82) is 0 Å². The Labute approximate surface area is 209 Å². The first kappa shape index (κ1) is 22.9. The normalized spacial score (nSPS) is 15.9. The maximum absolute atomic E-state index is 13.4. The van der Waals surface area contributed by atoms with Crippen LogP contribution in [-0.4, -0.2) is 22.4 Å². The van der Waals surface area contributed by atoms with Crippen LogP contribution < -0.4 is 10.2 Å². The van der Waals surface area contributed by atoms with Gasteiger partial charge in [-0.15, -0.1) is 11.8 Å². The van der Waals surface area contributed by atoms with Crippen molar-refractivity contribution in [3.05, 3.63) is 101 Å². The third-order valence-corrected chi connectivity index (χ3v) is 6.83. The van der Waals surface area contributed by atoms with E-state index in [-0.39, 0.29) is 6.03 Å². The number of benzene rings is 3. The molecule has 5 rings (SSSR count). The molecule has 0 fully saturated rings. The molecule has 0 saturated carbocycles. The lowest BCUT2D eigenvalue weighted by molar-refractivity contribution is 0.244. The molecule has 7 heteroatoms. The minimum Gasteiger partial charge on any atom is -0.334 e. The number of hydrogen-bond acceptors (Lipinski definition) is 5. The summed E-state index contributed by atoms with van der Waals surface area (Å²) in [6, 6.07) is 23.4. The molecule has 1 unspecified atom stereocenters. The molecular weight excluding hydrogens is 456 g/mol. The van der Waals surface area contributed by atoms with Gasteiger partial charge in [0, 0.05) is 16.2 Å². The summed E-state index contributed by atoms with van der Waals surface area (Å²) < 4.78 is 5.79. The van der Waals surface area contributed by atoms with Gasteiger partial charge in [0.2, 0.25) is 5.82 Å². The SMILES string of the molecule is CSc1ccc(C2NC(=O)N(c3cc(C)cc(C)c3)C(C)=C2c2nc(-c3ccccc3)no2)cc1. The van der Waals surface area contributed by atoms with Gasteiger partial charge in [0.15, 0.2) is 0 Å². The number of rotatable bonds is 5. The van der Waals surface area contributed by atoms with Crippen molar-refractivity contribution < 1.29 is 9.32 Å². The van der Waals surface area contributed by atoms with E-state index in [2.05, 4.69) is 28.7 Å². The fourth-order valence-electron chi connectivity index (χ4n) is 4.49. The highest BCUT2D eigenvalue weighted by Gasteiger charge is 2.36. The lowest BCUT2D eigenvalue weighted by Gasteiger charge is -2.35. The second-order valence-corrected chi connectivity index (χ2v) is 9.50. The fraction of sp³-hybridized carbons (Fsp3) is 0.179. The first-order valence-electron chi connectivity index (χ1n) is 11.4. The van der Waals surface area contributed by atoms with Gasteiger partial charge in [0.05, 0.1) is 17.3 Å². The van der Waals surface area contributed by atoms with Crippen LogP contribution in [0, 0.1) is 13.8 Å². The molecule has 1 aliphatic rings. The van der Waals surface area contributed by atoms with Gasteiger partial charge in [-0.3, -0.25) is 4.90 Å². The zero-order chi connectivity index (χ0) is 24.5. The van der Waals surface area contributed by atoms with E-state index in [1.807, 2.05) is 81.6 Å². The Bertz CT molecular complexity index is 1390. The minimum absolute atomic E-state index is 0.196. The lowest BCUT2D eigenvalue weighted by Crippen LogP contribution is -2.46. The predicted octanol–water partition coefficient (Wildman–Crippen LogP) is 6.78. The van der Waals surface area contributed by atoms with Crippen LogP contribution in [0.1, 0.15) is 35.5 Å². The van der Waals surface area contributed by atoms with Crippen LogP contribution in [0.2, 0.25) is 0 Å². The van der Waals surface area contributed by atoms with Gasteiger partial charge in [-0.05, 0) is 68.0 Å². The van der Waals surface area contributed by atoms with E-state index in [0.717, 1.165) is 44.1 Å². The highest BCUT2D eigenvalue weighted by atomic mass is 32.2. The van der Waals surface area contributed by atoms with Crippen molar-refractivity contribution in [2.24, 2.45) is 0 Å². The van der Waals surface area contributed by atoms with Crippen LogP contribution in [0.15, 0.2) is 87.9 Å². The summed E-state index contributed by atoms with van der Waals surface area (Å²) in [6.07, 6.45) is 2.04. The third kappa shape index (κ3) is 4.47. The first-order chi connectivity index (χ1) is 16.9. The topological polar surface area (TPSA) is 71.3 Å². The molecule has 1 aromatic heterocycles. The number of anilines is 1. The van der Waals surface area contributed by atoms with E-state index in [1.54, 1.807) is 16.7 Å². The van der Waals surface area contributed by atoms with Crippen molar-refractivity contribution in [1.82, 2.24) is 15.5 Å². The Kier molecular flexibility index (Phi) is 6.17. The average molecular weight is 483 g/mol. The van der Waals surface area contributed by atoms with Gasteiger partial charge < -0.3 is 9.84 Å². The summed E-state index contributed by atoms with van der Waals surface area (Å²) in [5.41, 5.74) is 6.31. The second-order valence-electron chi connectivity index (χ2n) is 8.63. The largest absolute Gasteiger partial charge is 0.334 e. The summed E-state index contributed by atoms with van der Waals surface area (Å²) in [6.45, 7) is 5.98. The van der Waals surface area contributed by atoms with E-state index < -0.39 is 6.04 Å². The molecule has 3 aromatic carbocycles. The standard InChI is InChI=1S/C28H26N4O2S/c1-17-14-18(2)16-22(15-17)32-19(3)24(27-30-26(31-34-27)21-8-6-5-7-9-21)25(29-28(32)33)20-10-12-23(35-4)13-11-20/h5-16,25H,1-4H3,(H,29,33). The van der Waals surface area contributed by atoms with Crippen molar-refractivity contribution in [3.63, 3.8) is 0 Å². The van der Waals surface area contributed by atoms with E-state index in [0.29, 0.717) is 11.7 Å². The average Bonchev–Trinajstić information content (AvgIpc) is 3.33.